The van der Waals surface area contributed by atoms with E-state index in [1.165, 1.54) is 0 Å². The Morgan fingerprint density at radius 1 is 1.48 bits per heavy atom. The molecule has 110 valence electrons. The number of carbonyl (C=O) groups excluding carboxylic acids is 1. The predicted molar refractivity (Wildman–Crippen MR) is 78.9 cm³/mol. The van der Waals surface area contributed by atoms with Gasteiger partial charge in [0.15, 0.2) is 11.5 Å². The van der Waals surface area contributed by atoms with E-state index in [2.05, 4.69) is 5.32 Å². The second-order valence-corrected chi connectivity index (χ2v) is 4.76. The topological polar surface area (TPSA) is 71.3 Å². The minimum atomic E-state index is -0.326. The molecule has 0 spiro atoms. The number of rotatable bonds is 6. The van der Waals surface area contributed by atoms with Gasteiger partial charge in [-0.3, -0.25) is 4.79 Å². The Kier molecular flexibility index (Phi) is 4.83. The maximum absolute atomic E-state index is 11.9. The van der Waals surface area contributed by atoms with Crippen molar-refractivity contribution in [3.8, 4) is 17.6 Å². The SMILES string of the molecule is CCOc1ccc(C=C(C#N)C(=O)NC2CC2)cc1OC. The Morgan fingerprint density at radius 2 is 2.24 bits per heavy atom. The molecule has 1 fully saturated rings. The van der Waals surface area contributed by atoms with Gasteiger partial charge in [-0.25, -0.2) is 0 Å². The van der Waals surface area contributed by atoms with Crippen LogP contribution in [0, 0.1) is 11.3 Å². The van der Waals surface area contributed by atoms with Crippen LogP contribution in [-0.2, 0) is 4.79 Å². The quantitative estimate of drug-likeness (QED) is 0.643. The number of nitrogens with one attached hydrogen (secondary N) is 1. The predicted octanol–water partition coefficient (Wildman–Crippen LogP) is 2.28. The highest BCUT2D eigenvalue weighted by Gasteiger charge is 2.24. The summed E-state index contributed by atoms with van der Waals surface area (Å²) in [4.78, 5) is 11.9. The first-order valence-corrected chi connectivity index (χ1v) is 6.91. The van der Waals surface area contributed by atoms with E-state index < -0.39 is 0 Å². The molecule has 0 unspecified atom stereocenters. The number of benzene rings is 1. The first-order chi connectivity index (χ1) is 10.2. The Labute approximate surface area is 124 Å². The second-order valence-electron chi connectivity index (χ2n) is 4.76. The summed E-state index contributed by atoms with van der Waals surface area (Å²) in [6, 6.07) is 7.46. The smallest absolute Gasteiger partial charge is 0.262 e. The monoisotopic (exact) mass is 286 g/mol. The van der Waals surface area contributed by atoms with Crippen molar-refractivity contribution in [3.63, 3.8) is 0 Å². The summed E-state index contributed by atoms with van der Waals surface area (Å²) in [5.41, 5.74) is 0.811. The number of methoxy groups -OCH3 is 1. The Bertz CT molecular complexity index is 598. The highest BCUT2D eigenvalue weighted by Crippen LogP contribution is 2.29. The molecule has 0 heterocycles. The zero-order chi connectivity index (χ0) is 15.2. The summed E-state index contributed by atoms with van der Waals surface area (Å²) >= 11 is 0. The Balaban J connectivity index is 2.21. The van der Waals surface area contributed by atoms with Gasteiger partial charge in [-0.2, -0.15) is 5.26 Å². The summed E-state index contributed by atoms with van der Waals surface area (Å²) in [6.07, 6.45) is 3.53. The lowest BCUT2D eigenvalue weighted by molar-refractivity contribution is -0.117. The summed E-state index contributed by atoms with van der Waals surface area (Å²) < 4.78 is 10.7. The van der Waals surface area contributed by atoms with Gasteiger partial charge in [0.2, 0.25) is 0 Å². The van der Waals surface area contributed by atoms with E-state index in [0.29, 0.717) is 18.1 Å². The van der Waals surface area contributed by atoms with Gasteiger partial charge in [0, 0.05) is 6.04 Å². The summed E-state index contributed by atoms with van der Waals surface area (Å²) in [6.45, 7) is 2.43. The maximum atomic E-state index is 11.9. The maximum Gasteiger partial charge on any atom is 0.262 e. The average Bonchev–Trinajstić information content (AvgIpc) is 3.30. The number of hydrogen-bond acceptors (Lipinski definition) is 4. The first-order valence-electron chi connectivity index (χ1n) is 6.91. The van der Waals surface area contributed by atoms with E-state index in [0.717, 1.165) is 18.4 Å². The molecule has 0 aromatic heterocycles. The molecular formula is C16H18N2O3. The van der Waals surface area contributed by atoms with Crippen LogP contribution in [0.15, 0.2) is 23.8 Å². The van der Waals surface area contributed by atoms with Crippen molar-refractivity contribution in [1.82, 2.24) is 5.32 Å². The largest absolute Gasteiger partial charge is 0.493 e. The zero-order valence-corrected chi connectivity index (χ0v) is 12.2. The fourth-order valence-corrected chi connectivity index (χ4v) is 1.85. The molecule has 0 saturated heterocycles. The number of amides is 1. The molecule has 0 radical (unpaired) electrons. The number of carbonyl (C=O) groups is 1. The molecule has 0 atom stereocenters. The minimum absolute atomic E-state index is 0.0908. The molecule has 5 nitrogen and oxygen atoms in total. The average molecular weight is 286 g/mol. The van der Waals surface area contributed by atoms with Crippen molar-refractivity contribution in [3.05, 3.63) is 29.3 Å². The fraction of sp³-hybridized carbons (Fsp3) is 0.375. The molecule has 1 saturated carbocycles. The van der Waals surface area contributed by atoms with E-state index in [4.69, 9.17) is 14.7 Å². The van der Waals surface area contributed by atoms with E-state index in [1.54, 1.807) is 31.4 Å². The first kappa shape index (κ1) is 14.9. The van der Waals surface area contributed by atoms with E-state index in [-0.39, 0.29) is 17.5 Å². The van der Waals surface area contributed by atoms with Crippen molar-refractivity contribution < 1.29 is 14.3 Å². The van der Waals surface area contributed by atoms with Crippen LogP contribution < -0.4 is 14.8 Å². The number of hydrogen-bond donors (Lipinski definition) is 1. The second kappa shape index (κ2) is 6.80. The normalized spacial score (nSPS) is 14.2. The molecule has 1 aromatic rings. The number of ether oxygens (including phenoxy) is 2. The number of nitrogens with zero attached hydrogens (tertiary/aromatic N) is 1. The van der Waals surface area contributed by atoms with E-state index in [9.17, 15) is 4.79 Å². The van der Waals surface area contributed by atoms with Crippen molar-refractivity contribution in [2.45, 2.75) is 25.8 Å². The molecule has 21 heavy (non-hydrogen) atoms. The molecule has 5 heteroatoms. The van der Waals surface area contributed by atoms with Crippen molar-refractivity contribution in [1.29, 1.82) is 5.26 Å². The highest BCUT2D eigenvalue weighted by atomic mass is 16.5. The van der Waals surface area contributed by atoms with Crippen LogP contribution in [0.1, 0.15) is 25.3 Å². The molecule has 1 aliphatic carbocycles. The molecule has 0 aliphatic heterocycles. The summed E-state index contributed by atoms with van der Waals surface area (Å²) in [7, 11) is 1.55. The van der Waals surface area contributed by atoms with Gasteiger partial charge in [0.1, 0.15) is 11.6 Å². The lowest BCUT2D eigenvalue weighted by Crippen LogP contribution is -2.26. The van der Waals surface area contributed by atoms with Crippen molar-refractivity contribution in [2.75, 3.05) is 13.7 Å². The van der Waals surface area contributed by atoms with Crippen LogP contribution in [0.4, 0.5) is 0 Å². The van der Waals surface area contributed by atoms with Crippen LogP contribution in [0.5, 0.6) is 11.5 Å². The lowest BCUT2D eigenvalue weighted by Gasteiger charge is -2.09. The lowest BCUT2D eigenvalue weighted by atomic mass is 10.1. The van der Waals surface area contributed by atoms with E-state index >= 15 is 0 Å². The van der Waals surface area contributed by atoms with Crippen LogP contribution in [0.25, 0.3) is 6.08 Å². The van der Waals surface area contributed by atoms with Crippen LogP contribution in [0.3, 0.4) is 0 Å². The zero-order valence-electron chi connectivity index (χ0n) is 12.2. The molecule has 1 N–H and O–H groups in total. The standard InChI is InChI=1S/C16H18N2O3/c1-3-21-14-7-4-11(9-15(14)20-2)8-12(10-17)16(19)18-13-5-6-13/h4,7-9,13H,3,5-6H2,1-2H3,(H,18,19). The van der Waals surface area contributed by atoms with Gasteiger partial charge in [0.05, 0.1) is 13.7 Å². The van der Waals surface area contributed by atoms with Gasteiger partial charge < -0.3 is 14.8 Å². The highest BCUT2D eigenvalue weighted by molar-refractivity contribution is 6.02. The van der Waals surface area contributed by atoms with Crippen LogP contribution >= 0.6 is 0 Å². The third kappa shape index (κ3) is 3.99. The Hall–Kier alpha value is -2.48. The van der Waals surface area contributed by atoms with Gasteiger partial charge in [-0.15, -0.1) is 0 Å². The van der Waals surface area contributed by atoms with Crippen molar-refractivity contribution in [2.24, 2.45) is 0 Å². The van der Waals surface area contributed by atoms with Gasteiger partial charge in [-0.1, -0.05) is 6.07 Å². The molecular weight excluding hydrogens is 268 g/mol. The summed E-state index contributed by atoms with van der Waals surface area (Å²) in [5.74, 6) is 0.886. The minimum Gasteiger partial charge on any atom is -0.493 e. The molecule has 2 rings (SSSR count). The molecule has 1 amide bonds. The van der Waals surface area contributed by atoms with E-state index in [1.807, 2.05) is 13.0 Å². The van der Waals surface area contributed by atoms with Gasteiger partial charge >= 0.3 is 0 Å². The fourth-order valence-electron chi connectivity index (χ4n) is 1.85. The molecule has 1 aliphatic rings. The third-order valence-electron chi connectivity index (χ3n) is 3.08. The molecule has 0 bridgehead atoms. The Morgan fingerprint density at radius 3 is 2.81 bits per heavy atom. The van der Waals surface area contributed by atoms with Crippen LogP contribution in [0.2, 0.25) is 0 Å². The molecule has 1 aromatic carbocycles. The van der Waals surface area contributed by atoms with Gasteiger partial charge in [-0.05, 0) is 43.5 Å². The van der Waals surface area contributed by atoms with Crippen molar-refractivity contribution >= 4 is 12.0 Å². The van der Waals surface area contributed by atoms with Crippen LogP contribution in [-0.4, -0.2) is 25.7 Å². The summed E-state index contributed by atoms with van der Waals surface area (Å²) in [5, 5.41) is 11.9. The number of nitriles is 1. The third-order valence-corrected chi connectivity index (χ3v) is 3.08. The van der Waals surface area contributed by atoms with Gasteiger partial charge in [0.25, 0.3) is 5.91 Å².